The number of rotatable bonds is 5. The van der Waals surface area contributed by atoms with Gasteiger partial charge in [-0.2, -0.15) is 0 Å². The first-order chi connectivity index (χ1) is 12.9. The van der Waals surface area contributed by atoms with E-state index in [1.165, 1.54) is 31.2 Å². The lowest BCUT2D eigenvalue weighted by Crippen LogP contribution is -2.07. The van der Waals surface area contributed by atoms with Gasteiger partial charge in [-0.1, -0.05) is 0 Å². The first kappa shape index (κ1) is 18.7. The van der Waals surface area contributed by atoms with Gasteiger partial charge in [-0.3, -0.25) is 4.79 Å². The van der Waals surface area contributed by atoms with Gasteiger partial charge >= 0.3 is 11.6 Å². The van der Waals surface area contributed by atoms with Gasteiger partial charge in [0.2, 0.25) is 5.91 Å². The summed E-state index contributed by atoms with van der Waals surface area (Å²) in [6, 6.07) is 9.55. The normalized spacial score (nSPS) is 11.0. The zero-order valence-electron chi connectivity index (χ0n) is 14.2. The van der Waals surface area contributed by atoms with E-state index >= 15 is 0 Å². The Balaban J connectivity index is 1.75. The third kappa shape index (κ3) is 4.95. The second kappa shape index (κ2) is 8.05. The van der Waals surface area contributed by atoms with Crippen molar-refractivity contribution in [2.75, 3.05) is 5.32 Å². The molecular weight excluding hydrogens is 418 g/mol. The highest BCUT2D eigenvalue weighted by molar-refractivity contribution is 9.10. The maximum absolute atomic E-state index is 11.9. The smallest absolute Gasteiger partial charge is 0.336 e. The van der Waals surface area contributed by atoms with Gasteiger partial charge in [0.15, 0.2) is 4.67 Å². The summed E-state index contributed by atoms with van der Waals surface area (Å²) in [5.74, 6) is -0.328. The van der Waals surface area contributed by atoms with Crippen molar-refractivity contribution >= 4 is 50.5 Å². The molecule has 0 radical (unpaired) electrons. The molecule has 0 bridgehead atoms. The molecule has 2 aromatic heterocycles. The van der Waals surface area contributed by atoms with Gasteiger partial charge in [0.1, 0.15) is 18.0 Å². The molecule has 1 amide bonds. The van der Waals surface area contributed by atoms with Crippen LogP contribution in [0.5, 0.6) is 0 Å². The summed E-state index contributed by atoms with van der Waals surface area (Å²) in [4.78, 5) is 34.8. The number of carbonyl (C=O) groups is 2. The number of esters is 1. The number of ether oxygens (including phenoxy) is 1. The van der Waals surface area contributed by atoms with Crippen molar-refractivity contribution in [3.05, 3.63) is 68.9 Å². The Morgan fingerprint density at radius 3 is 2.70 bits per heavy atom. The molecule has 0 spiro atoms. The van der Waals surface area contributed by atoms with Crippen LogP contribution in [0.1, 0.15) is 18.2 Å². The van der Waals surface area contributed by atoms with E-state index in [0.717, 1.165) is 0 Å². The molecule has 2 heterocycles. The molecule has 0 aliphatic rings. The van der Waals surface area contributed by atoms with Gasteiger partial charge in [-0.15, -0.1) is 0 Å². The Kier molecular flexibility index (Phi) is 5.56. The molecule has 1 N–H and O–H groups in total. The highest BCUT2D eigenvalue weighted by Crippen LogP contribution is 2.22. The molecule has 138 valence electrons. The summed E-state index contributed by atoms with van der Waals surface area (Å²) in [6.07, 6.45) is 2.71. The minimum atomic E-state index is -0.584. The molecule has 0 saturated heterocycles. The van der Waals surface area contributed by atoms with Crippen molar-refractivity contribution in [2.45, 2.75) is 13.5 Å². The number of anilines is 1. The van der Waals surface area contributed by atoms with Crippen molar-refractivity contribution in [1.82, 2.24) is 0 Å². The first-order valence-electron chi connectivity index (χ1n) is 7.85. The molecule has 0 aliphatic heterocycles. The zero-order chi connectivity index (χ0) is 19.4. The summed E-state index contributed by atoms with van der Waals surface area (Å²) >= 11 is 3.17. The minimum absolute atomic E-state index is 0.105. The summed E-state index contributed by atoms with van der Waals surface area (Å²) < 4.78 is 16.1. The molecule has 1 aromatic carbocycles. The number of fused-ring (bicyclic) bond motifs is 1. The average molecular weight is 432 g/mol. The fourth-order valence-corrected chi connectivity index (χ4v) is 2.71. The summed E-state index contributed by atoms with van der Waals surface area (Å²) in [7, 11) is 0. The highest BCUT2D eigenvalue weighted by Gasteiger charge is 2.09. The molecule has 3 rings (SSSR count). The van der Waals surface area contributed by atoms with Gasteiger partial charge in [0, 0.05) is 41.8 Å². The van der Waals surface area contributed by atoms with E-state index in [4.69, 9.17) is 13.6 Å². The third-order valence-corrected chi connectivity index (χ3v) is 3.92. The van der Waals surface area contributed by atoms with Gasteiger partial charge < -0.3 is 18.9 Å². The minimum Gasteiger partial charge on any atom is -0.458 e. The molecular formula is C19H14BrNO6. The van der Waals surface area contributed by atoms with Gasteiger partial charge in [0.05, 0.1) is 0 Å². The van der Waals surface area contributed by atoms with Crippen LogP contribution in [0.3, 0.4) is 0 Å². The quantitative estimate of drug-likeness (QED) is 0.374. The topological polar surface area (TPSA) is 98.7 Å². The van der Waals surface area contributed by atoms with Crippen molar-refractivity contribution in [3.8, 4) is 0 Å². The first-order valence-corrected chi connectivity index (χ1v) is 8.64. The Labute approximate surface area is 161 Å². The van der Waals surface area contributed by atoms with Gasteiger partial charge in [-0.25, -0.2) is 9.59 Å². The Bertz CT molecular complexity index is 1100. The lowest BCUT2D eigenvalue weighted by atomic mass is 10.1. The standard InChI is InChI=1S/C19H14BrNO6/c1-11(22)21-13-2-5-15-12(8-19(24)27-16(15)9-13)10-25-18(23)7-4-14-3-6-17(20)26-14/h2-9H,10H2,1H3,(H,21,22). The van der Waals surface area contributed by atoms with Gasteiger partial charge in [0.25, 0.3) is 0 Å². The van der Waals surface area contributed by atoms with Crippen LogP contribution < -0.4 is 10.9 Å². The van der Waals surface area contributed by atoms with Crippen molar-refractivity contribution in [2.24, 2.45) is 0 Å². The molecule has 0 aliphatic carbocycles. The molecule has 0 saturated carbocycles. The Hall–Kier alpha value is -3.13. The molecule has 3 aromatic rings. The van der Waals surface area contributed by atoms with Crippen LogP contribution >= 0.6 is 15.9 Å². The van der Waals surface area contributed by atoms with E-state index in [0.29, 0.717) is 27.1 Å². The van der Waals surface area contributed by atoms with Crippen LogP contribution in [0.15, 0.2) is 60.8 Å². The fourth-order valence-electron chi connectivity index (χ4n) is 2.40. The molecule has 27 heavy (non-hydrogen) atoms. The average Bonchev–Trinajstić information content (AvgIpc) is 3.02. The maximum Gasteiger partial charge on any atom is 0.336 e. The van der Waals surface area contributed by atoms with E-state index in [1.54, 1.807) is 24.3 Å². The Morgan fingerprint density at radius 1 is 1.19 bits per heavy atom. The zero-order valence-corrected chi connectivity index (χ0v) is 15.7. The van der Waals surface area contributed by atoms with E-state index in [1.807, 2.05) is 0 Å². The van der Waals surface area contributed by atoms with Crippen LogP contribution in [-0.4, -0.2) is 11.9 Å². The number of carbonyl (C=O) groups excluding carboxylic acids is 2. The van der Waals surface area contributed by atoms with Crippen molar-refractivity contribution in [1.29, 1.82) is 0 Å². The maximum atomic E-state index is 11.9. The fraction of sp³-hybridized carbons (Fsp3) is 0.105. The number of nitrogens with one attached hydrogen (secondary N) is 1. The van der Waals surface area contributed by atoms with E-state index in [9.17, 15) is 14.4 Å². The Morgan fingerprint density at radius 2 is 2.00 bits per heavy atom. The third-order valence-electron chi connectivity index (χ3n) is 3.50. The van der Waals surface area contributed by atoms with Crippen LogP contribution in [0.4, 0.5) is 5.69 Å². The molecule has 0 atom stereocenters. The summed E-state index contributed by atoms with van der Waals surface area (Å²) in [5, 5.41) is 3.22. The predicted octanol–water partition coefficient (Wildman–Crippen LogP) is 3.86. The lowest BCUT2D eigenvalue weighted by Gasteiger charge is -2.07. The van der Waals surface area contributed by atoms with Gasteiger partial charge in [-0.05, 0) is 46.3 Å². The molecule has 7 nitrogen and oxygen atoms in total. The summed E-state index contributed by atoms with van der Waals surface area (Å²) in [6.45, 7) is 1.28. The number of hydrogen-bond acceptors (Lipinski definition) is 6. The predicted molar refractivity (Wildman–Crippen MR) is 102 cm³/mol. The molecule has 0 unspecified atom stereocenters. The van der Waals surface area contributed by atoms with Crippen LogP contribution in [-0.2, 0) is 20.9 Å². The number of halogens is 1. The van der Waals surface area contributed by atoms with E-state index in [-0.39, 0.29) is 18.1 Å². The monoisotopic (exact) mass is 431 g/mol. The summed E-state index contributed by atoms with van der Waals surface area (Å²) in [5.41, 5.74) is 0.707. The van der Waals surface area contributed by atoms with Crippen molar-refractivity contribution in [3.63, 3.8) is 0 Å². The van der Waals surface area contributed by atoms with E-state index < -0.39 is 11.6 Å². The van der Waals surface area contributed by atoms with E-state index in [2.05, 4.69) is 21.2 Å². The number of hydrogen-bond donors (Lipinski definition) is 1. The second-order valence-electron chi connectivity index (χ2n) is 5.57. The number of benzene rings is 1. The molecule has 8 heteroatoms. The molecule has 0 fully saturated rings. The van der Waals surface area contributed by atoms with Crippen LogP contribution in [0.2, 0.25) is 0 Å². The number of amides is 1. The largest absolute Gasteiger partial charge is 0.458 e. The number of furan rings is 1. The van der Waals surface area contributed by atoms with Crippen molar-refractivity contribution < 1.29 is 23.2 Å². The second-order valence-corrected chi connectivity index (χ2v) is 6.35. The highest BCUT2D eigenvalue weighted by atomic mass is 79.9. The lowest BCUT2D eigenvalue weighted by molar-refractivity contribution is -0.138. The van der Waals surface area contributed by atoms with Crippen LogP contribution in [0, 0.1) is 0 Å². The van der Waals surface area contributed by atoms with Crippen LogP contribution in [0.25, 0.3) is 17.0 Å². The SMILES string of the molecule is CC(=O)Nc1ccc2c(COC(=O)C=Cc3ccc(Br)o3)cc(=O)oc2c1.